The molecule has 0 saturated carbocycles. The van der Waals surface area contributed by atoms with E-state index < -0.39 is 18.5 Å². The Bertz CT molecular complexity index is 1250. The Hall–Kier alpha value is -3.04. The van der Waals surface area contributed by atoms with E-state index in [0.29, 0.717) is 22.0 Å². The van der Waals surface area contributed by atoms with Gasteiger partial charge in [-0.1, -0.05) is 15.9 Å². The predicted molar refractivity (Wildman–Crippen MR) is 115 cm³/mol. The second kappa shape index (κ2) is 8.37. The van der Waals surface area contributed by atoms with Gasteiger partial charge in [0.25, 0.3) is 5.91 Å². The number of nitrogens with zero attached hydrogens (tertiary/aromatic N) is 1. The van der Waals surface area contributed by atoms with Gasteiger partial charge in [-0.2, -0.15) is 0 Å². The van der Waals surface area contributed by atoms with E-state index in [1.807, 2.05) is 12.1 Å². The maximum Gasteiger partial charge on any atom is 0.375 e. The molecule has 0 saturated heterocycles. The van der Waals surface area contributed by atoms with Crippen molar-refractivity contribution in [2.75, 3.05) is 11.9 Å². The summed E-state index contributed by atoms with van der Waals surface area (Å²) in [5.41, 5.74) is 2.53. The van der Waals surface area contributed by atoms with Gasteiger partial charge in [0.15, 0.2) is 11.7 Å². The minimum absolute atomic E-state index is 0.0590. The molecule has 2 aromatic carbocycles. The number of carbonyl (C=O) groups excluding carboxylic acids is 2. The number of hydrogen-bond donors (Lipinski definition) is 1. The van der Waals surface area contributed by atoms with Crippen molar-refractivity contribution in [1.29, 1.82) is 0 Å². The summed E-state index contributed by atoms with van der Waals surface area (Å²) in [5, 5.41) is 5.46. The number of carbonyl (C=O) groups is 2. The van der Waals surface area contributed by atoms with E-state index in [1.54, 1.807) is 30.5 Å². The van der Waals surface area contributed by atoms with E-state index in [-0.39, 0.29) is 11.6 Å². The first kappa shape index (κ1) is 20.2. The van der Waals surface area contributed by atoms with Crippen molar-refractivity contribution in [2.24, 2.45) is 0 Å². The van der Waals surface area contributed by atoms with Crippen molar-refractivity contribution in [3.05, 3.63) is 69.5 Å². The van der Waals surface area contributed by atoms with Gasteiger partial charge < -0.3 is 9.15 Å². The fourth-order valence-corrected chi connectivity index (χ4v) is 3.92. The van der Waals surface area contributed by atoms with Crippen LogP contribution in [0.25, 0.3) is 22.2 Å². The molecule has 0 bridgehead atoms. The number of benzene rings is 2. The zero-order chi connectivity index (χ0) is 21.3. The van der Waals surface area contributed by atoms with E-state index in [0.717, 1.165) is 15.4 Å². The lowest BCUT2D eigenvalue weighted by Gasteiger charge is -2.03. The summed E-state index contributed by atoms with van der Waals surface area (Å²) in [7, 11) is 0. The lowest BCUT2D eigenvalue weighted by molar-refractivity contribution is -0.119. The van der Waals surface area contributed by atoms with Crippen LogP contribution in [0.15, 0.2) is 56.7 Å². The summed E-state index contributed by atoms with van der Waals surface area (Å²) >= 11 is 4.60. The van der Waals surface area contributed by atoms with Gasteiger partial charge in [-0.05, 0) is 49.4 Å². The quantitative estimate of drug-likeness (QED) is 0.371. The van der Waals surface area contributed by atoms with Crippen LogP contribution in [0, 0.1) is 12.7 Å². The van der Waals surface area contributed by atoms with E-state index in [9.17, 15) is 14.0 Å². The van der Waals surface area contributed by atoms with Gasteiger partial charge in [0.1, 0.15) is 11.4 Å². The molecule has 2 heterocycles. The molecule has 0 aliphatic carbocycles. The Morgan fingerprint density at radius 1 is 1.23 bits per heavy atom. The second-order valence-electron chi connectivity index (χ2n) is 6.37. The first-order chi connectivity index (χ1) is 14.4. The van der Waals surface area contributed by atoms with E-state index in [4.69, 9.17) is 9.15 Å². The molecule has 1 N–H and O–H groups in total. The molecule has 9 heteroatoms. The molecule has 30 heavy (non-hydrogen) atoms. The lowest BCUT2D eigenvalue weighted by Crippen LogP contribution is -2.20. The molecule has 2 aromatic heterocycles. The van der Waals surface area contributed by atoms with Crippen molar-refractivity contribution in [1.82, 2.24) is 4.98 Å². The first-order valence-corrected chi connectivity index (χ1v) is 10.4. The topological polar surface area (TPSA) is 81.4 Å². The van der Waals surface area contributed by atoms with Gasteiger partial charge in [0.2, 0.25) is 5.76 Å². The number of aromatic nitrogens is 1. The van der Waals surface area contributed by atoms with Gasteiger partial charge in [0.05, 0.1) is 5.69 Å². The van der Waals surface area contributed by atoms with E-state index in [1.165, 1.54) is 23.5 Å². The van der Waals surface area contributed by atoms with E-state index >= 15 is 0 Å². The molecule has 0 radical (unpaired) electrons. The highest BCUT2D eigenvalue weighted by Gasteiger charge is 2.20. The standard InChI is InChI=1S/C21H14BrFN2O4S/c1-11-15-8-13(22)4-7-17(15)29-19(11)20(27)28-9-18(26)25-21-24-16(10-30-21)12-2-5-14(23)6-3-12/h2-8,10H,9H2,1H3,(H,24,25,26). The minimum atomic E-state index is -0.721. The zero-order valence-corrected chi connectivity index (χ0v) is 18.0. The number of ether oxygens (including phenoxy) is 1. The zero-order valence-electron chi connectivity index (χ0n) is 15.6. The Balaban J connectivity index is 1.38. The summed E-state index contributed by atoms with van der Waals surface area (Å²) < 4.78 is 24.5. The molecule has 0 aliphatic rings. The van der Waals surface area contributed by atoms with Gasteiger partial charge in [-0.15, -0.1) is 11.3 Å². The average molecular weight is 489 g/mol. The molecule has 4 rings (SSSR count). The number of esters is 1. The van der Waals surface area contributed by atoms with Crippen LogP contribution in [0.3, 0.4) is 0 Å². The molecule has 0 aliphatic heterocycles. The second-order valence-corrected chi connectivity index (χ2v) is 8.14. The normalized spacial score (nSPS) is 10.9. The molecule has 4 aromatic rings. The third-order valence-electron chi connectivity index (χ3n) is 4.31. The SMILES string of the molecule is Cc1c(C(=O)OCC(=O)Nc2nc(-c3ccc(F)cc3)cs2)oc2ccc(Br)cc12. The maximum atomic E-state index is 13.0. The summed E-state index contributed by atoms with van der Waals surface area (Å²) in [6.45, 7) is 1.27. The monoisotopic (exact) mass is 488 g/mol. The Labute approximate surface area is 182 Å². The van der Waals surface area contributed by atoms with Crippen molar-refractivity contribution in [2.45, 2.75) is 6.92 Å². The van der Waals surface area contributed by atoms with Gasteiger partial charge >= 0.3 is 5.97 Å². The Kier molecular flexibility index (Phi) is 5.65. The average Bonchev–Trinajstić information content (AvgIpc) is 3.31. The maximum absolute atomic E-state index is 13.0. The minimum Gasteiger partial charge on any atom is -0.450 e. The fourth-order valence-electron chi connectivity index (χ4n) is 2.82. The van der Waals surface area contributed by atoms with Gasteiger partial charge in [-0.3, -0.25) is 10.1 Å². The van der Waals surface area contributed by atoms with E-state index in [2.05, 4.69) is 26.2 Å². The van der Waals surface area contributed by atoms with Gasteiger partial charge in [0, 0.05) is 26.4 Å². The number of fused-ring (bicyclic) bond motifs is 1. The highest BCUT2D eigenvalue weighted by atomic mass is 79.9. The molecule has 0 atom stereocenters. The van der Waals surface area contributed by atoms with Crippen LogP contribution >= 0.6 is 27.3 Å². The summed E-state index contributed by atoms with van der Waals surface area (Å²) in [4.78, 5) is 28.8. The number of anilines is 1. The third-order valence-corrected chi connectivity index (χ3v) is 5.56. The molecule has 1 amide bonds. The van der Waals surface area contributed by atoms with Crippen molar-refractivity contribution >= 4 is 55.2 Å². The van der Waals surface area contributed by atoms with Crippen LogP contribution in [0.2, 0.25) is 0 Å². The number of rotatable bonds is 5. The number of hydrogen-bond acceptors (Lipinski definition) is 6. The number of thiazole rings is 1. The summed E-state index contributed by atoms with van der Waals surface area (Å²) in [5.74, 6) is -1.53. The van der Waals surface area contributed by atoms with Crippen LogP contribution in [-0.4, -0.2) is 23.5 Å². The highest BCUT2D eigenvalue weighted by molar-refractivity contribution is 9.10. The van der Waals surface area contributed by atoms with Crippen LogP contribution < -0.4 is 5.32 Å². The van der Waals surface area contributed by atoms with Crippen LogP contribution in [-0.2, 0) is 9.53 Å². The Morgan fingerprint density at radius 3 is 2.77 bits per heavy atom. The summed E-state index contributed by atoms with van der Waals surface area (Å²) in [6.07, 6.45) is 0. The van der Waals surface area contributed by atoms with Crippen LogP contribution in [0.5, 0.6) is 0 Å². The molecule has 152 valence electrons. The first-order valence-electron chi connectivity index (χ1n) is 8.78. The number of amides is 1. The molecule has 0 unspecified atom stereocenters. The van der Waals surface area contributed by atoms with Crippen molar-refractivity contribution in [3.63, 3.8) is 0 Å². The predicted octanol–water partition coefficient (Wildman–Crippen LogP) is 5.56. The summed E-state index contributed by atoms with van der Waals surface area (Å²) in [6, 6.07) is 11.3. The molecular weight excluding hydrogens is 475 g/mol. The largest absolute Gasteiger partial charge is 0.450 e. The van der Waals surface area contributed by atoms with Gasteiger partial charge in [-0.25, -0.2) is 14.2 Å². The molecule has 6 nitrogen and oxygen atoms in total. The molecular formula is C21H14BrFN2O4S. The molecule has 0 fully saturated rings. The lowest BCUT2D eigenvalue weighted by atomic mass is 10.1. The van der Waals surface area contributed by atoms with Crippen LogP contribution in [0.4, 0.5) is 9.52 Å². The number of aryl methyl sites for hydroxylation is 1. The fraction of sp³-hybridized carbons (Fsp3) is 0.0952. The smallest absolute Gasteiger partial charge is 0.375 e. The molecule has 0 spiro atoms. The highest BCUT2D eigenvalue weighted by Crippen LogP contribution is 2.28. The third kappa shape index (κ3) is 4.27. The number of nitrogens with one attached hydrogen (secondary N) is 1. The van der Waals surface area contributed by atoms with Crippen molar-refractivity contribution in [3.8, 4) is 11.3 Å². The number of furan rings is 1. The number of halogens is 2. The Morgan fingerprint density at radius 2 is 2.00 bits per heavy atom. The van der Waals surface area contributed by atoms with Crippen LogP contribution in [0.1, 0.15) is 16.1 Å². The van der Waals surface area contributed by atoms with Crippen molar-refractivity contribution < 1.29 is 23.1 Å².